The van der Waals surface area contributed by atoms with E-state index in [-0.39, 0.29) is 5.54 Å². The SMILES string of the molecule is CCCC(C)CNCCCNC(C)(C)C. The fraction of sp³-hybridized carbons (Fsp3) is 1.00. The third-order valence-electron chi connectivity index (χ3n) is 2.46. The van der Waals surface area contributed by atoms with Gasteiger partial charge in [0.05, 0.1) is 0 Å². The second-order valence-corrected chi connectivity index (χ2v) is 5.63. The van der Waals surface area contributed by atoms with E-state index in [1.807, 2.05) is 0 Å². The molecule has 0 aliphatic rings. The summed E-state index contributed by atoms with van der Waals surface area (Å²) in [6, 6.07) is 0. The van der Waals surface area contributed by atoms with Crippen LogP contribution in [-0.2, 0) is 0 Å². The lowest BCUT2D eigenvalue weighted by atomic mass is 10.1. The first-order chi connectivity index (χ1) is 6.95. The van der Waals surface area contributed by atoms with Crippen molar-refractivity contribution in [2.75, 3.05) is 19.6 Å². The Hall–Kier alpha value is -0.0800. The van der Waals surface area contributed by atoms with E-state index in [0.29, 0.717) is 0 Å². The molecule has 0 aromatic rings. The molecule has 0 aliphatic carbocycles. The molecule has 0 aromatic carbocycles. The van der Waals surface area contributed by atoms with Crippen molar-refractivity contribution in [2.24, 2.45) is 5.92 Å². The molecule has 1 atom stereocenters. The number of nitrogens with one attached hydrogen (secondary N) is 2. The van der Waals surface area contributed by atoms with Crippen LogP contribution in [-0.4, -0.2) is 25.2 Å². The molecule has 0 fully saturated rings. The average molecular weight is 214 g/mol. The third-order valence-corrected chi connectivity index (χ3v) is 2.46. The average Bonchev–Trinajstić information content (AvgIpc) is 2.09. The summed E-state index contributed by atoms with van der Waals surface area (Å²) in [6.45, 7) is 14.6. The van der Waals surface area contributed by atoms with E-state index in [2.05, 4.69) is 45.3 Å². The molecular weight excluding hydrogens is 184 g/mol. The highest BCUT2D eigenvalue weighted by Crippen LogP contribution is 2.02. The zero-order valence-corrected chi connectivity index (χ0v) is 11.3. The van der Waals surface area contributed by atoms with Gasteiger partial charge in [-0.3, -0.25) is 0 Å². The summed E-state index contributed by atoms with van der Waals surface area (Å²) >= 11 is 0. The highest BCUT2D eigenvalue weighted by Gasteiger charge is 2.06. The van der Waals surface area contributed by atoms with Crippen molar-refractivity contribution in [3.05, 3.63) is 0 Å². The molecule has 0 amide bonds. The fourth-order valence-corrected chi connectivity index (χ4v) is 1.62. The van der Waals surface area contributed by atoms with Gasteiger partial charge in [0, 0.05) is 5.54 Å². The van der Waals surface area contributed by atoms with Crippen molar-refractivity contribution >= 4 is 0 Å². The van der Waals surface area contributed by atoms with Crippen LogP contribution in [0.3, 0.4) is 0 Å². The Morgan fingerprint density at radius 2 is 1.80 bits per heavy atom. The lowest BCUT2D eigenvalue weighted by Gasteiger charge is -2.20. The van der Waals surface area contributed by atoms with Gasteiger partial charge in [0.2, 0.25) is 0 Å². The second kappa shape index (κ2) is 8.12. The molecular formula is C13H30N2. The number of hydrogen-bond acceptors (Lipinski definition) is 2. The first-order valence-corrected chi connectivity index (χ1v) is 6.41. The molecule has 0 heterocycles. The normalized spacial score (nSPS) is 14.2. The quantitative estimate of drug-likeness (QED) is 0.607. The topological polar surface area (TPSA) is 24.1 Å². The van der Waals surface area contributed by atoms with E-state index < -0.39 is 0 Å². The van der Waals surface area contributed by atoms with Crippen molar-refractivity contribution in [3.8, 4) is 0 Å². The van der Waals surface area contributed by atoms with E-state index in [1.165, 1.54) is 25.8 Å². The molecule has 0 saturated carbocycles. The first-order valence-electron chi connectivity index (χ1n) is 6.41. The lowest BCUT2D eigenvalue weighted by Crippen LogP contribution is -2.37. The van der Waals surface area contributed by atoms with E-state index in [0.717, 1.165) is 19.0 Å². The maximum atomic E-state index is 3.52. The van der Waals surface area contributed by atoms with Crippen LogP contribution in [0.1, 0.15) is 53.9 Å². The van der Waals surface area contributed by atoms with Gasteiger partial charge in [0.15, 0.2) is 0 Å². The first kappa shape index (κ1) is 14.9. The van der Waals surface area contributed by atoms with Crippen LogP contribution in [0.5, 0.6) is 0 Å². The van der Waals surface area contributed by atoms with Crippen LogP contribution in [0.4, 0.5) is 0 Å². The number of rotatable bonds is 8. The van der Waals surface area contributed by atoms with Crippen LogP contribution < -0.4 is 10.6 Å². The molecule has 0 radical (unpaired) electrons. The number of hydrogen-bond donors (Lipinski definition) is 2. The van der Waals surface area contributed by atoms with E-state index >= 15 is 0 Å². The Labute approximate surface area is 96.2 Å². The van der Waals surface area contributed by atoms with Crippen molar-refractivity contribution in [1.82, 2.24) is 10.6 Å². The van der Waals surface area contributed by atoms with Crippen molar-refractivity contribution in [2.45, 2.75) is 59.4 Å². The van der Waals surface area contributed by atoms with Crippen molar-refractivity contribution in [1.29, 1.82) is 0 Å². The standard InChI is InChI=1S/C13H30N2/c1-6-8-12(2)11-14-9-7-10-15-13(3,4)5/h12,14-15H,6-11H2,1-5H3. The maximum Gasteiger partial charge on any atom is 0.00965 e. The maximum absolute atomic E-state index is 3.52. The minimum Gasteiger partial charge on any atom is -0.316 e. The molecule has 2 heteroatoms. The van der Waals surface area contributed by atoms with Gasteiger partial charge < -0.3 is 10.6 Å². The zero-order chi connectivity index (χ0) is 11.7. The summed E-state index contributed by atoms with van der Waals surface area (Å²) in [5.41, 5.74) is 0.259. The van der Waals surface area contributed by atoms with Gasteiger partial charge in [-0.05, 0) is 59.2 Å². The summed E-state index contributed by atoms with van der Waals surface area (Å²) in [5.74, 6) is 0.825. The molecule has 92 valence electrons. The summed E-state index contributed by atoms with van der Waals surface area (Å²) in [5, 5.41) is 7.01. The van der Waals surface area contributed by atoms with Gasteiger partial charge in [-0.2, -0.15) is 0 Å². The Balaban J connectivity index is 3.18. The molecule has 0 saturated heterocycles. The van der Waals surface area contributed by atoms with Crippen LogP contribution in [0.25, 0.3) is 0 Å². The van der Waals surface area contributed by atoms with E-state index in [9.17, 15) is 0 Å². The second-order valence-electron chi connectivity index (χ2n) is 5.63. The minimum absolute atomic E-state index is 0.259. The monoisotopic (exact) mass is 214 g/mol. The minimum atomic E-state index is 0.259. The van der Waals surface area contributed by atoms with Crippen molar-refractivity contribution < 1.29 is 0 Å². The van der Waals surface area contributed by atoms with Crippen LogP contribution in [0, 0.1) is 5.92 Å². The molecule has 0 aliphatic heterocycles. The van der Waals surface area contributed by atoms with Crippen LogP contribution >= 0.6 is 0 Å². The molecule has 15 heavy (non-hydrogen) atoms. The molecule has 0 bridgehead atoms. The van der Waals surface area contributed by atoms with Gasteiger partial charge >= 0.3 is 0 Å². The van der Waals surface area contributed by atoms with Gasteiger partial charge in [-0.25, -0.2) is 0 Å². The van der Waals surface area contributed by atoms with Gasteiger partial charge in [0.1, 0.15) is 0 Å². The van der Waals surface area contributed by atoms with E-state index in [1.54, 1.807) is 0 Å². The third kappa shape index (κ3) is 11.8. The molecule has 0 aromatic heterocycles. The summed E-state index contributed by atoms with van der Waals surface area (Å²) in [4.78, 5) is 0. The summed E-state index contributed by atoms with van der Waals surface area (Å²) in [6.07, 6.45) is 3.86. The van der Waals surface area contributed by atoms with Gasteiger partial charge in [0.25, 0.3) is 0 Å². The van der Waals surface area contributed by atoms with Crippen LogP contribution in [0.2, 0.25) is 0 Å². The van der Waals surface area contributed by atoms with Gasteiger partial charge in [-0.15, -0.1) is 0 Å². The Morgan fingerprint density at radius 3 is 2.33 bits per heavy atom. The fourth-order valence-electron chi connectivity index (χ4n) is 1.62. The highest BCUT2D eigenvalue weighted by atomic mass is 14.9. The largest absolute Gasteiger partial charge is 0.316 e. The summed E-state index contributed by atoms with van der Waals surface area (Å²) in [7, 11) is 0. The van der Waals surface area contributed by atoms with Gasteiger partial charge in [-0.1, -0.05) is 20.3 Å². The molecule has 2 N–H and O–H groups in total. The van der Waals surface area contributed by atoms with E-state index in [4.69, 9.17) is 0 Å². The van der Waals surface area contributed by atoms with Crippen molar-refractivity contribution in [3.63, 3.8) is 0 Å². The van der Waals surface area contributed by atoms with Crippen LogP contribution in [0.15, 0.2) is 0 Å². The lowest BCUT2D eigenvalue weighted by molar-refractivity contribution is 0.411. The molecule has 0 rings (SSSR count). The predicted molar refractivity (Wildman–Crippen MR) is 69.3 cm³/mol. The Morgan fingerprint density at radius 1 is 1.13 bits per heavy atom. The summed E-state index contributed by atoms with van der Waals surface area (Å²) < 4.78 is 0. The smallest absolute Gasteiger partial charge is 0.00965 e. The molecule has 2 nitrogen and oxygen atoms in total. The Kier molecular flexibility index (Phi) is 8.07. The zero-order valence-electron chi connectivity index (χ0n) is 11.3. The Bertz CT molecular complexity index is 138. The predicted octanol–water partition coefficient (Wildman–Crippen LogP) is 2.79. The molecule has 1 unspecified atom stereocenters. The molecule has 0 spiro atoms. The highest BCUT2D eigenvalue weighted by molar-refractivity contribution is 4.70.